The van der Waals surface area contributed by atoms with E-state index in [1.54, 1.807) is 6.08 Å². The van der Waals surface area contributed by atoms with Crippen LogP contribution in [0.5, 0.6) is 0 Å². The fourth-order valence-electron chi connectivity index (χ4n) is 4.16. The summed E-state index contributed by atoms with van der Waals surface area (Å²) in [5.41, 5.74) is 1.53. The number of hydrogen-bond acceptors (Lipinski definition) is 3. The van der Waals surface area contributed by atoms with Gasteiger partial charge >= 0.3 is 0 Å². The summed E-state index contributed by atoms with van der Waals surface area (Å²) < 4.78 is 6.22. The average molecular weight is 352 g/mol. The van der Waals surface area contributed by atoms with Crippen molar-refractivity contribution in [2.75, 3.05) is 19.7 Å². The number of likely N-dealkylation sites (tertiary alicyclic amines) is 1. The van der Waals surface area contributed by atoms with Crippen LogP contribution in [0.25, 0.3) is 0 Å². The first kappa shape index (κ1) is 18.7. The summed E-state index contributed by atoms with van der Waals surface area (Å²) in [6, 6.07) is 12.7. The molecule has 2 aliphatic rings. The first-order valence-electron chi connectivity index (χ1n) is 9.63. The van der Waals surface area contributed by atoms with Crippen LogP contribution in [-0.2, 0) is 9.53 Å². The van der Waals surface area contributed by atoms with E-state index in [0.717, 1.165) is 32.3 Å². The number of ether oxygens (including phenoxy) is 1. The van der Waals surface area contributed by atoms with E-state index >= 15 is 0 Å². The molecule has 0 unspecified atom stereocenters. The highest BCUT2D eigenvalue weighted by molar-refractivity contribution is 5.97. The Labute approximate surface area is 156 Å². The van der Waals surface area contributed by atoms with Crippen molar-refractivity contribution < 1.29 is 9.53 Å². The molecule has 2 aliphatic heterocycles. The molecule has 2 saturated heterocycles. The second kappa shape index (κ2) is 8.05. The van der Waals surface area contributed by atoms with E-state index in [0.29, 0.717) is 19.0 Å². The lowest BCUT2D eigenvalue weighted by molar-refractivity contribution is -0.140. The number of piperidine rings is 1. The molecule has 0 N–H and O–H groups in total. The number of benzene rings is 1. The van der Waals surface area contributed by atoms with E-state index in [1.165, 1.54) is 5.56 Å². The lowest BCUT2D eigenvalue weighted by Gasteiger charge is -2.46. The lowest BCUT2D eigenvalue weighted by atomic mass is 9.77. The minimum absolute atomic E-state index is 0.121. The van der Waals surface area contributed by atoms with Crippen molar-refractivity contribution >= 4 is 5.91 Å². The molecule has 0 aliphatic carbocycles. The number of carbonyl (C=O) groups is 1. The van der Waals surface area contributed by atoms with Gasteiger partial charge in [0, 0.05) is 19.7 Å². The molecule has 4 nitrogen and oxygen atoms in total. The van der Waals surface area contributed by atoms with Gasteiger partial charge in [0.2, 0.25) is 0 Å². The van der Waals surface area contributed by atoms with Gasteiger partial charge in [-0.05, 0) is 43.1 Å². The topological polar surface area (TPSA) is 53.3 Å². The molecule has 2 heterocycles. The van der Waals surface area contributed by atoms with Crippen molar-refractivity contribution in [1.29, 1.82) is 5.26 Å². The Kier molecular flexibility index (Phi) is 5.78. The fourth-order valence-corrected chi connectivity index (χ4v) is 4.16. The molecule has 4 heteroatoms. The molecular weight excluding hydrogens is 324 g/mol. The molecule has 0 aromatic heterocycles. The summed E-state index contributed by atoms with van der Waals surface area (Å²) in [5.74, 6) is 0.590. The average Bonchev–Trinajstić information content (AvgIpc) is 2.67. The lowest BCUT2D eigenvalue weighted by Crippen LogP contribution is -2.50. The van der Waals surface area contributed by atoms with Crippen LogP contribution in [0.15, 0.2) is 42.0 Å². The van der Waals surface area contributed by atoms with Gasteiger partial charge in [0.15, 0.2) is 0 Å². The third-order valence-corrected chi connectivity index (χ3v) is 5.58. The molecule has 3 rings (SSSR count). The fraction of sp³-hybridized carbons (Fsp3) is 0.545. The summed E-state index contributed by atoms with van der Waals surface area (Å²) in [6.07, 6.45) is 5.54. The van der Waals surface area contributed by atoms with Crippen molar-refractivity contribution in [1.82, 2.24) is 4.90 Å². The summed E-state index contributed by atoms with van der Waals surface area (Å²) in [6.45, 7) is 6.07. The Morgan fingerprint density at radius 2 is 2.00 bits per heavy atom. The van der Waals surface area contributed by atoms with Gasteiger partial charge in [-0.25, -0.2) is 0 Å². The minimum Gasteiger partial charge on any atom is -0.375 e. The van der Waals surface area contributed by atoms with Crippen LogP contribution in [0, 0.1) is 17.2 Å². The molecule has 0 bridgehead atoms. The molecule has 1 amide bonds. The van der Waals surface area contributed by atoms with Crippen molar-refractivity contribution in [2.24, 2.45) is 5.92 Å². The van der Waals surface area contributed by atoms with Gasteiger partial charge in [-0.2, -0.15) is 5.26 Å². The normalized spacial score (nSPS) is 23.1. The number of carbonyl (C=O) groups excluding carboxylic acids is 1. The van der Waals surface area contributed by atoms with Gasteiger partial charge in [-0.1, -0.05) is 50.3 Å². The van der Waals surface area contributed by atoms with E-state index in [4.69, 9.17) is 4.74 Å². The first-order valence-corrected chi connectivity index (χ1v) is 9.63. The molecule has 1 aromatic rings. The molecular formula is C22H28N2O2. The van der Waals surface area contributed by atoms with Crippen molar-refractivity contribution in [3.05, 3.63) is 47.5 Å². The van der Waals surface area contributed by atoms with Crippen LogP contribution in [0.2, 0.25) is 0 Å². The summed E-state index contributed by atoms with van der Waals surface area (Å²) >= 11 is 0. The van der Waals surface area contributed by atoms with Gasteiger partial charge in [-0.3, -0.25) is 4.79 Å². The Morgan fingerprint density at radius 1 is 1.31 bits per heavy atom. The molecule has 1 atom stereocenters. The molecule has 0 saturated carbocycles. The molecule has 2 fully saturated rings. The maximum atomic E-state index is 12.6. The zero-order valence-electron chi connectivity index (χ0n) is 15.8. The highest BCUT2D eigenvalue weighted by Crippen LogP contribution is 2.41. The van der Waals surface area contributed by atoms with E-state index in [-0.39, 0.29) is 23.0 Å². The van der Waals surface area contributed by atoms with Crippen LogP contribution in [0.1, 0.15) is 51.0 Å². The third kappa shape index (κ3) is 4.16. The molecule has 138 valence electrons. The number of hydrogen-bond donors (Lipinski definition) is 0. The second-order valence-electron chi connectivity index (χ2n) is 7.86. The van der Waals surface area contributed by atoms with Gasteiger partial charge in [0.25, 0.3) is 5.91 Å². The Hall–Kier alpha value is -2.12. The minimum atomic E-state index is -0.133. The standard InChI is InChI=1S/C22H28N2O2/c1-17(2)14-20(16-23)21(25)24-11-9-22(10-12-24)15-19(8-13-26-22)18-6-4-3-5-7-18/h3-7,14,17,19H,8-13,15H2,1-2H3/b20-14+/t19-/m1/s1. The second-order valence-corrected chi connectivity index (χ2v) is 7.86. The molecule has 1 spiro atoms. The van der Waals surface area contributed by atoms with Gasteiger partial charge in [0.05, 0.1) is 5.60 Å². The maximum Gasteiger partial charge on any atom is 0.264 e. The van der Waals surface area contributed by atoms with Gasteiger partial charge in [0.1, 0.15) is 11.6 Å². The number of nitriles is 1. The largest absolute Gasteiger partial charge is 0.375 e. The quantitative estimate of drug-likeness (QED) is 0.609. The van der Waals surface area contributed by atoms with Crippen LogP contribution in [0.4, 0.5) is 0 Å². The molecule has 1 aromatic carbocycles. The summed E-state index contributed by atoms with van der Waals surface area (Å²) in [5, 5.41) is 9.29. The van der Waals surface area contributed by atoms with E-state index in [1.807, 2.05) is 18.7 Å². The highest BCUT2D eigenvalue weighted by atomic mass is 16.5. The Bertz CT molecular complexity index is 695. The number of nitrogens with zero attached hydrogens (tertiary/aromatic N) is 2. The van der Waals surface area contributed by atoms with Crippen LogP contribution in [-0.4, -0.2) is 36.1 Å². The predicted molar refractivity (Wildman–Crippen MR) is 101 cm³/mol. The predicted octanol–water partition coefficient (Wildman–Crippen LogP) is 4.05. The highest BCUT2D eigenvalue weighted by Gasteiger charge is 2.41. The zero-order valence-corrected chi connectivity index (χ0v) is 15.8. The van der Waals surface area contributed by atoms with E-state index in [9.17, 15) is 10.1 Å². The smallest absolute Gasteiger partial charge is 0.264 e. The van der Waals surface area contributed by atoms with Crippen LogP contribution < -0.4 is 0 Å². The van der Waals surface area contributed by atoms with E-state index in [2.05, 4.69) is 36.4 Å². The van der Waals surface area contributed by atoms with Crippen molar-refractivity contribution in [3.8, 4) is 6.07 Å². The summed E-state index contributed by atoms with van der Waals surface area (Å²) in [4.78, 5) is 14.4. The van der Waals surface area contributed by atoms with Crippen molar-refractivity contribution in [3.63, 3.8) is 0 Å². The third-order valence-electron chi connectivity index (χ3n) is 5.58. The Balaban J connectivity index is 1.64. The van der Waals surface area contributed by atoms with Crippen LogP contribution >= 0.6 is 0 Å². The Morgan fingerprint density at radius 3 is 2.62 bits per heavy atom. The number of amides is 1. The van der Waals surface area contributed by atoms with Crippen molar-refractivity contribution in [2.45, 2.75) is 51.0 Å². The molecule has 26 heavy (non-hydrogen) atoms. The number of rotatable bonds is 3. The van der Waals surface area contributed by atoms with Gasteiger partial charge in [-0.15, -0.1) is 0 Å². The maximum absolute atomic E-state index is 12.6. The van der Waals surface area contributed by atoms with E-state index < -0.39 is 0 Å². The first-order chi connectivity index (χ1) is 12.5. The zero-order chi connectivity index (χ0) is 18.6. The number of allylic oxidation sites excluding steroid dienone is 1. The molecule has 0 radical (unpaired) electrons. The monoisotopic (exact) mass is 352 g/mol. The van der Waals surface area contributed by atoms with Gasteiger partial charge < -0.3 is 9.64 Å². The SMILES string of the molecule is CC(C)/C=C(\C#N)C(=O)N1CCC2(CC1)C[C@H](c1ccccc1)CCO2. The van der Waals surface area contributed by atoms with Crippen LogP contribution in [0.3, 0.4) is 0 Å². The summed E-state index contributed by atoms with van der Waals surface area (Å²) in [7, 11) is 0.